The third kappa shape index (κ3) is 4.51. The van der Waals surface area contributed by atoms with Gasteiger partial charge in [-0.2, -0.15) is 9.97 Å². The largest absolute Gasteiger partial charge is 0.245 e. The van der Waals surface area contributed by atoms with E-state index in [1.54, 1.807) is 12.4 Å². The highest BCUT2D eigenvalue weighted by Crippen LogP contribution is 2.32. The van der Waals surface area contributed by atoms with Crippen molar-refractivity contribution in [2.45, 2.75) is 0 Å². The van der Waals surface area contributed by atoms with Crippen LogP contribution in [-0.4, -0.2) is 29.5 Å². The van der Waals surface area contributed by atoms with Crippen LogP contribution in [0.25, 0.3) is 73.0 Å². The molecule has 6 nitrogen and oxygen atoms in total. The van der Waals surface area contributed by atoms with Gasteiger partial charge < -0.3 is 0 Å². The van der Waals surface area contributed by atoms with Gasteiger partial charge in [-0.3, -0.25) is 0 Å². The van der Waals surface area contributed by atoms with E-state index in [2.05, 4.69) is 60.7 Å². The lowest BCUT2D eigenvalue weighted by molar-refractivity contribution is 0.935. The molecule has 0 saturated carbocycles. The summed E-state index contributed by atoms with van der Waals surface area (Å²) in [7, 11) is 0. The number of nitrogens with zero attached hydrogens (tertiary/aromatic N) is 6. The van der Waals surface area contributed by atoms with E-state index in [0.717, 1.165) is 55.4 Å². The second kappa shape index (κ2) is 10.4. The van der Waals surface area contributed by atoms with E-state index in [0.29, 0.717) is 17.6 Å². The first-order valence-electron chi connectivity index (χ1n) is 14.1. The lowest BCUT2D eigenvalue weighted by Crippen LogP contribution is -2.07. The van der Waals surface area contributed by atoms with Gasteiger partial charge in [0, 0.05) is 34.3 Å². The Labute approximate surface area is 248 Å². The Kier molecular flexibility index (Phi) is 6.01. The molecule has 6 heteroatoms. The predicted molar refractivity (Wildman–Crippen MR) is 171 cm³/mol. The number of rotatable bonds is 5. The first-order valence-corrected chi connectivity index (χ1v) is 14.1. The van der Waals surface area contributed by atoms with Gasteiger partial charge in [0.05, 0.1) is 0 Å². The Balaban J connectivity index is 1.37. The van der Waals surface area contributed by atoms with Crippen LogP contribution in [0.4, 0.5) is 0 Å². The summed E-state index contributed by atoms with van der Waals surface area (Å²) in [5.74, 6) is 1.61. The summed E-state index contributed by atoms with van der Waals surface area (Å²) in [6.45, 7) is 0. The summed E-state index contributed by atoms with van der Waals surface area (Å²) in [6, 6.07) is 45.3. The quantitative estimate of drug-likeness (QED) is 0.214. The van der Waals surface area contributed by atoms with Crippen LogP contribution >= 0.6 is 0 Å². The van der Waals surface area contributed by atoms with E-state index in [-0.39, 0.29) is 0 Å². The summed E-state index contributed by atoms with van der Waals surface area (Å²) < 4.78 is 1.93. The zero-order valence-electron chi connectivity index (χ0n) is 23.0. The number of aromatic nitrogens is 6. The molecular formula is C37H24N6. The Morgan fingerprint density at radius 3 is 1.30 bits per heavy atom. The molecule has 202 valence electrons. The Morgan fingerprint density at radius 2 is 0.814 bits per heavy atom. The minimum Gasteiger partial charge on any atom is -0.245 e. The minimum atomic E-state index is 0.465. The molecule has 4 heterocycles. The van der Waals surface area contributed by atoms with Crippen molar-refractivity contribution < 1.29 is 0 Å². The van der Waals surface area contributed by atoms with Gasteiger partial charge in [-0.05, 0) is 58.7 Å². The SMILES string of the molecule is c1ccc(-c2cccc(-c3nc(-c4cccc(-c5ccccc5)c4)nc(-n4c5ncccc5c5cccnc54)n3)c2)cc1. The van der Waals surface area contributed by atoms with Crippen LogP contribution in [0.2, 0.25) is 0 Å². The zero-order valence-corrected chi connectivity index (χ0v) is 23.0. The fourth-order valence-corrected chi connectivity index (χ4v) is 5.52. The molecular weight excluding hydrogens is 528 g/mol. The zero-order chi connectivity index (χ0) is 28.6. The van der Waals surface area contributed by atoms with E-state index in [1.807, 2.05) is 77.4 Å². The average Bonchev–Trinajstić information content (AvgIpc) is 3.43. The van der Waals surface area contributed by atoms with Gasteiger partial charge in [0.1, 0.15) is 11.3 Å². The van der Waals surface area contributed by atoms with Crippen LogP contribution < -0.4 is 0 Å². The van der Waals surface area contributed by atoms with Crippen LogP contribution in [0.15, 0.2) is 146 Å². The van der Waals surface area contributed by atoms with Crippen molar-refractivity contribution in [2.75, 3.05) is 0 Å². The predicted octanol–water partition coefficient (Wildman–Crippen LogP) is 8.43. The molecule has 0 spiro atoms. The van der Waals surface area contributed by atoms with Gasteiger partial charge in [0.25, 0.3) is 0 Å². The third-order valence-corrected chi connectivity index (χ3v) is 7.57. The van der Waals surface area contributed by atoms with Crippen LogP contribution in [0.3, 0.4) is 0 Å². The maximum Gasteiger partial charge on any atom is 0.241 e. The first kappa shape index (κ1) is 24.8. The average molecular weight is 553 g/mol. The number of hydrogen-bond acceptors (Lipinski definition) is 5. The normalized spacial score (nSPS) is 11.3. The van der Waals surface area contributed by atoms with Gasteiger partial charge in [-0.15, -0.1) is 0 Å². The third-order valence-electron chi connectivity index (χ3n) is 7.57. The van der Waals surface area contributed by atoms with Crippen molar-refractivity contribution in [3.05, 3.63) is 146 Å². The van der Waals surface area contributed by atoms with Gasteiger partial charge in [-0.25, -0.2) is 19.5 Å². The van der Waals surface area contributed by atoms with Crippen molar-refractivity contribution in [3.63, 3.8) is 0 Å². The fraction of sp³-hybridized carbons (Fsp3) is 0. The van der Waals surface area contributed by atoms with E-state index in [1.165, 1.54) is 0 Å². The second-order valence-electron chi connectivity index (χ2n) is 10.3. The molecule has 0 aliphatic carbocycles. The first-order chi connectivity index (χ1) is 21.3. The summed E-state index contributed by atoms with van der Waals surface area (Å²) in [5, 5.41) is 1.98. The summed E-state index contributed by atoms with van der Waals surface area (Å²) in [4.78, 5) is 24.6. The van der Waals surface area contributed by atoms with E-state index in [9.17, 15) is 0 Å². The number of fused-ring (bicyclic) bond motifs is 3. The molecule has 0 bridgehead atoms. The lowest BCUT2D eigenvalue weighted by atomic mass is 10.0. The molecule has 0 radical (unpaired) electrons. The molecule has 0 amide bonds. The second-order valence-corrected chi connectivity index (χ2v) is 10.3. The molecule has 4 aromatic carbocycles. The number of benzene rings is 4. The van der Waals surface area contributed by atoms with E-state index in [4.69, 9.17) is 24.9 Å². The van der Waals surface area contributed by atoms with Crippen molar-refractivity contribution in [1.29, 1.82) is 0 Å². The molecule has 0 unspecified atom stereocenters. The topological polar surface area (TPSA) is 69.4 Å². The van der Waals surface area contributed by atoms with Gasteiger partial charge in [0.2, 0.25) is 5.95 Å². The number of pyridine rings is 2. The summed E-state index contributed by atoms with van der Waals surface area (Å²) in [5.41, 5.74) is 7.72. The smallest absolute Gasteiger partial charge is 0.241 e. The van der Waals surface area contributed by atoms with Crippen LogP contribution in [-0.2, 0) is 0 Å². The molecule has 0 aliphatic rings. The molecule has 0 atom stereocenters. The highest BCUT2D eigenvalue weighted by atomic mass is 15.2. The van der Waals surface area contributed by atoms with Crippen molar-refractivity contribution >= 4 is 22.1 Å². The maximum absolute atomic E-state index is 5.05. The van der Waals surface area contributed by atoms with Crippen LogP contribution in [0.1, 0.15) is 0 Å². The van der Waals surface area contributed by atoms with Gasteiger partial charge >= 0.3 is 0 Å². The highest BCUT2D eigenvalue weighted by Gasteiger charge is 2.19. The molecule has 43 heavy (non-hydrogen) atoms. The monoisotopic (exact) mass is 552 g/mol. The highest BCUT2D eigenvalue weighted by molar-refractivity contribution is 6.06. The van der Waals surface area contributed by atoms with Crippen molar-refractivity contribution in [1.82, 2.24) is 29.5 Å². The van der Waals surface area contributed by atoms with Crippen molar-refractivity contribution in [3.8, 4) is 51.0 Å². The van der Waals surface area contributed by atoms with Crippen LogP contribution in [0.5, 0.6) is 0 Å². The molecule has 0 saturated heterocycles. The molecule has 4 aromatic heterocycles. The fourth-order valence-electron chi connectivity index (χ4n) is 5.52. The van der Waals surface area contributed by atoms with Crippen LogP contribution in [0, 0.1) is 0 Å². The van der Waals surface area contributed by atoms with E-state index >= 15 is 0 Å². The maximum atomic E-state index is 5.05. The molecule has 0 aliphatic heterocycles. The Hall–Kier alpha value is -6.01. The Morgan fingerprint density at radius 1 is 0.372 bits per heavy atom. The summed E-state index contributed by atoms with van der Waals surface area (Å²) >= 11 is 0. The summed E-state index contributed by atoms with van der Waals surface area (Å²) in [6.07, 6.45) is 3.57. The standard InChI is InChI=1S/C37H24N6/c1-3-11-25(12-4-1)27-15-7-17-29(23-27)33-40-34(30-18-8-16-28(24-30)26-13-5-2-6-14-26)42-37(41-33)43-35-31(19-9-21-38-35)32-20-10-22-39-36(32)43/h1-24H. The Bertz CT molecular complexity index is 2090. The molecule has 0 fully saturated rings. The van der Waals surface area contributed by atoms with Gasteiger partial charge in [0.15, 0.2) is 11.6 Å². The molecule has 8 aromatic rings. The molecule has 8 rings (SSSR count). The van der Waals surface area contributed by atoms with E-state index < -0.39 is 0 Å². The lowest BCUT2D eigenvalue weighted by Gasteiger charge is -2.11. The number of hydrogen-bond donors (Lipinski definition) is 0. The molecule has 0 N–H and O–H groups in total. The van der Waals surface area contributed by atoms with Gasteiger partial charge in [-0.1, -0.05) is 97.1 Å². The van der Waals surface area contributed by atoms with Crippen molar-refractivity contribution in [2.24, 2.45) is 0 Å². The minimum absolute atomic E-state index is 0.465.